The summed E-state index contributed by atoms with van der Waals surface area (Å²) in [4.78, 5) is 1.31. The van der Waals surface area contributed by atoms with E-state index in [1.807, 2.05) is 13.0 Å². The van der Waals surface area contributed by atoms with Crippen LogP contribution in [0.5, 0.6) is 0 Å². The molecule has 15 heavy (non-hydrogen) atoms. The van der Waals surface area contributed by atoms with Crippen molar-refractivity contribution in [2.75, 3.05) is 0 Å². The van der Waals surface area contributed by atoms with Gasteiger partial charge >= 0.3 is 0 Å². The van der Waals surface area contributed by atoms with Crippen molar-refractivity contribution >= 4 is 11.8 Å². The molecule has 0 amide bonds. The van der Waals surface area contributed by atoms with E-state index in [4.69, 9.17) is 0 Å². The Morgan fingerprint density at radius 1 is 1.53 bits per heavy atom. The first-order valence-electron chi connectivity index (χ1n) is 5.13. The molecule has 0 aliphatic carbocycles. The molecule has 1 aromatic carbocycles. The van der Waals surface area contributed by atoms with Gasteiger partial charge in [-0.1, -0.05) is 18.2 Å². The van der Waals surface area contributed by atoms with E-state index in [0.29, 0.717) is 6.42 Å². The van der Waals surface area contributed by atoms with E-state index in [2.05, 4.69) is 30.0 Å². The van der Waals surface area contributed by atoms with Crippen molar-refractivity contribution in [3.8, 4) is 11.8 Å². The monoisotopic (exact) mass is 218 g/mol. The van der Waals surface area contributed by atoms with Gasteiger partial charge in [-0.2, -0.15) is 0 Å². The van der Waals surface area contributed by atoms with Crippen molar-refractivity contribution in [1.82, 2.24) is 0 Å². The lowest BCUT2D eigenvalue weighted by atomic mass is 10.1. The molecule has 78 valence electrons. The highest BCUT2D eigenvalue weighted by Gasteiger charge is 2.27. The zero-order valence-corrected chi connectivity index (χ0v) is 9.55. The third-order valence-electron chi connectivity index (χ3n) is 2.59. The molecular formula is C13H14OS. The van der Waals surface area contributed by atoms with Crippen molar-refractivity contribution in [3.63, 3.8) is 0 Å². The minimum absolute atomic E-state index is 0.281. The van der Waals surface area contributed by atoms with Gasteiger partial charge in [0.05, 0.1) is 6.10 Å². The molecule has 2 rings (SSSR count). The first-order valence-corrected chi connectivity index (χ1v) is 6.01. The average molecular weight is 218 g/mol. The number of rotatable bonds is 2. The molecule has 0 aromatic heterocycles. The maximum atomic E-state index is 9.93. The molecule has 0 spiro atoms. The van der Waals surface area contributed by atoms with E-state index >= 15 is 0 Å². The highest BCUT2D eigenvalue weighted by atomic mass is 32.2. The molecule has 1 aliphatic rings. The second kappa shape index (κ2) is 4.74. The highest BCUT2D eigenvalue weighted by Crippen LogP contribution is 2.38. The fourth-order valence-electron chi connectivity index (χ4n) is 1.76. The Morgan fingerprint density at radius 3 is 3.07 bits per heavy atom. The van der Waals surface area contributed by atoms with Crippen molar-refractivity contribution in [2.24, 2.45) is 0 Å². The third-order valence-corrected chi connectivity index (χ3v) is 4.02. The predicted molar refractivity (Wildman–Crippen MR) is 63.9 cm³/mol. The van der Waals surface area contributed by atoms with Crippen molar-refractivity contribution < 1.29 is 5.11 Å². The van der Waals surface area contributed by atoms with Crippen LogP contribution in [0.3, 0.4) is 0 Å². The summed E-state index contributed by atoms with van der Waals surface area (Å²) in [6, 6.07) is 8.37. The van der Waals surface area contributed by atoms with E-state index in [1.165, 1.54) is 10.5 Å². The number of fused-ring (bicyclic) bond motifs is 1. The van der Waals surface area contributed by atoms with Crippen LogP contribution in [0.2, 0.25) is 0 Å². The average Bonchev–Trinajstić information content (AvgIpc) is 2.69. The van der Waals surface area contributed by atoms with Crippen LogP contribution in [0.25, 0.3) is 0 Å². The second-order valence-corrected chi connectivity index (χ2v) is 4.95. The Kier molecular flexibility index (Phi) is 3.35. The van der Waals surface area contributed by atoms with Gasteiger partial charge in [0.15, 0.2) is 0 Å². The SMILES string of the molecule is CC#CCC(O)C1Cc2ccccc2S1. The summed E-state index contributed by atoms with van der Waals surface area (Å²) in [6.07, 6.45) is 1.24. The van der Waals surface area contributed by atoms with Gasteiger partial charge in [-0.15, -0.1) is 23.6 Å². The van der Waals surface area contributed by atoms with Crippen molar-refractivity contribution in [2.45, 2.75) is 36.0 Å². The molecule has 1 N–H and O–H groups in total. The highest BCUT2D eigenvalue weighted by molar-refractivity contribution is 8.00. The standard InChI is InChI=1S/C13H14OS/c1-2-3-7-11(14)13-9-10-6-4-5-8-12(10)15-13/h4-6,8,11,13-14H,7,9H2,1H3. The molecule has 0 saturated heterocycles. The number of benzene rings is 1. The zero-order chi connectivity index (χ0) is 10.7. The smallest absolute Gasteiger partial charge is 0.0774 e. The van der Waals surface area contributed by atoms with Crippen molar-refractivity contribution in [3.05, 3.63) is 29.8 Å². The lowest BCUT2D eigenvalue weighted by molar-refractivity contribution is 0.177. The normalized spacial score (nSPS) is 20.3. The Balaban J connectivity index is 2.02. The quantitative estimate of drug-likeness (QED) is 0.770. The maximum absolute atomic E-state index is 9.93. The van der Waals surface area contributed by atoms with E-state index in [9.17, 15) is 5.11 Å². The fourth-order valence-corrected chi connectivity index (χ4v) is 3.06. The van der Waals surface area contributed by atoms with E-state index < -0.39 is 0 Å². The van der Waals surface area contributed by atoms with Gasteiger partial charge in [-0.3, -0.25) is 0 Å². The van der Waals surface area contributed by atoms with Crippen LogP contribution in [-0.2, 0) is 6.42 Å². The molecule has 1 aromatic rings. The van der Waals surface area contributed by atoms with Crippen LogP contribution in [0.4, 0.5) is 0 Å². The Hall–Kier alpha value is -0.910. The van der Waals surface area contributed by atoms with E-state index in [1.54, 1.807) is 11.8 Å². The lowest BCUT2D eigenvalue weighted by Gasteiger charge is -2.13. The first-order chi connectivity index (χ1) is 7.31. The summed E-state index contributed by atoms with van der Waals surface area (Å²) < 4.78 is 0. The molecule has 1 aliphatic heterocycles. The number of thioether (sulfide) groups is 1. The number of hydrogen-bond acceptors (Lipinski definition) is 2. The third kappa shape index (κ3) is 2.37. The van der Waals surface area contributed by atoms with Gasteiger partial charge in [0.1, 0.15) is 0 Å². The molecule has 0 fully saturated rings. The van der Waals surface area contributed by atoms with Crippen LogP contribution >= 0.6 is 11.8 Å². The topological polar surface area (TPSA) is 20.2 Å². The largest absolute Gasteiger partial charge is 0.391 e. The summed E-state index contributed by atoms with van der Waals surface area (Å²) in [5.74, 6) is 5.76. The van der Waals surface area contributed by atoms with Crippen LogP contribution < -0.4 is 0 Å². The van der Waals surface area contributed by atoms with Crippen LogP contribution in [-0.4, -0.2) is 16.5 Å². The zero-order valence-electron chi connectivity index (χ0n) is 8.73. The predicted octanol–water partition coefficient (Wildman–Crippen LogP) is 2.48. The fraction of sp³-hybridized carbons (Fsp3) is 0.385. The minimum Gasteiger partial charge on any atom is -0.391 e. The van der Waals surface area contributed by atoms with E-state index in [0.717, 1.165) is 6.42 Å². The Morgan fingerprint density at radius 2 is 2.33 bits per heavy atom. The number of hydrogen-bond donors (Lipinski definition) is 1. The molecular weight excluding hydrogens is 204 g/mol. The van der Waals surface area contributed by atoms with Crippen LogP contribution in [0.15, 0.2) is 29.2 Å². The van der Waals surface area contributed by atoms with Gasteiger partial charge in [0.25, 0.3) is 0 Å². The van der Waals surface area contributed by atoms with Crippen LogP contribution in [0, 0.1) is 11.8 Å². The maximum Gasteiger partial charge on any atom is 0.0774 e. The first kappa shape index (κ1) is 10.6. The van der Waals surface area contributed by atoms with Crippen molar-refractivity contribution in [1.29, 1.82) is 0 Å². The molecule has 1 nitrogen and oxygen atoms in total. The number of aliphatic hydroxyl groups is 1. The molecule has 1 heterocycles. The summed E-state index contributed by atoms with van der Waals surface area (Å²) in [7, 11) is 0. The summed E-state index contributed by atoms with van der Waals surface area (Å²) >= 11 is 1.78. The lowest BCUT2D eigenvalue weighted by Crippen LogP contribution is -2.21. The van der Waals surface area contributed by atoms with E-state index in [-0.39, 0.29) is 11.4 Å². The second-order valence-electron chi connectivity index (χ2n) is 3.67. The molecule has 0 radical (unpaired) electrons. The van der Waals surface area contributed by atoms with Crippen LogP contribution in [0.1, 0.15) is 18.9 Å². The van der Waals surface area contributed by atoms with Gasteiger partial charge < -0.3 is 5.11 Å². The number of aliphatic hydroxyl groups excluding tert-OH is 1. The van der Waals surface area contributed by atoms with Gasteiger partial charge in [-0.25, -0.2) is 0 Å². The molecule has 2 unspecified atom stereocenters. The van der Waals surface area contributed by atoms with Gasteiger partial charge in [0, 0.05) is 16.6 Å². The van der Waals surface area contributed by atoms with Gasteiger partial charge in [-0.05, 0) is 25.0 Å². The molecule has 2 atom stereocenters. The minimum atomic E-state index is -0.310. The summed E-state index contributed by atoms with van der Waals surface area (Å²) in [6.45, 7) is 1.81. The molecule has 0 bridgehead atoms. The summed E-state index contributed by atoms with van der Waals surface area (Å²) in [5, 5.41) is 10.2. The molecule has 2 heteroatoms. The Bertz CT molecular complexity index is 377. The molecule has 0 saturated carbocycles. The summed E-state index contributed by atoms with van der Waals surface area (Å²) in [5.41, 5.74) is 1.36. The Labute approximate surface area is 94.9 Å². The van der Waals surface area contributed by atoms with Gasteiger partial charge in [0.2, 0.25) is 0 Å².